The highest BCUT2D eigenvalue weighted by atomic mass is 16.5. The molecule has 20 heavy (non-hydrogen) atoms. The number of ether oxygens (including phenoxy) is 4. The van der Waals surface area contributed by atoms with Crippen LogP contribution in [0.5, 0.6) is 17.2 Å². The fraction of sp³-hybridized carbons (Fsp3) is 0.600. The second kappa shape index (κ2) is 6.81. The van der Waals surface area contributed by atoms with E-state index in [1.807, 2.05) is 12.1 Å². The van der Waals surface area contributed by atoms with Crippen molar-refractivity contribution >= 4 is 0 Å². The summed E-state index contributed by atoms with van der Waals surface area (Å²) >= 11 is 0. The number of hydrogen-bond acceptors (Lipinski definition) is 5. The Hall–Kier alpha value is -1.46. The average Bonchev–Trinajstić information content (AvgIpc) is 2.53. The lowest BCUT2D eigenvalue weighted by atomic mass is 9.89. The first kappa shape index (κ1) is 14.9. The molecule has 2 unspecified atom stereocenters. The maximum Gasteiger partial charge on any atom is 0.132 e. The van der Waals surface area contributed by atoms with Gasteiger partial charge >= 0.3 is 0 Å². The highest BCUT2D eigenvalue weighted by Gasteiger charge is 2.32. The van der Waals surface area contributed by atoms with Gasteiger partial charge in [-0.2, -0.15) is 0 Å². The SMILES string of the molecule is COc1cc(OC)c(C2OCCCC2CO)c(OC)c1. The Kier molecular flexibility index (Phi) is 5.09. The molecular weight excluding hydrogens is 260 g/mol. The zero-order valence-electron chi connectivity index (χ0n) is 12.2. The minimum atomic E-state index is -0.218. The van der Waals surface area contributed by atoms with Gasteiger partial charge in [0, 0.05) is 31.3 Å². The molecular formula is C15H22O5. The first-order chi connectivity index (χ1) is 9.74. The Morgan fingerprint density at radius 2 is 1.80 bits per heavy atom. The van der Waals surface area contributed by atoms with E-state index in [9.17, 15) is 5.11 Å². The minimum Gasteiger partial charge on any atom is -0.496 e. The lowest BCUT2D eigenvalue weighted by Crippen LogP contribution is -2.26. The van der Waals surface area contributed by atoms with Gasteiger partial charge in [-0.25, -0.2) is 0 Å². The predicted octanol–water partition coefficient (Wildman–Crippen LogP) is 2.17. The van der Waals surface area contributed by atoms with Crippen LogP contribution in [0.2, 0.25) is 0 Å². The highest BCUT2D eigenvalue weighted by Crippen LogP contribution is 2.44. The van der Waals surface area contributed by atoms with Gasteiger partial charge in [0.25, 0.3) is 0 Å². The topological polar surface area (TPSA) is 57.2 Å². The van der Waals surface area contributed by atoms with E-state index in [1.54, 1.807) is 21.3 Å². The summed E-state index contributed by atoms with van der Waals surface area (Å²) in [5, 5.41) is 9.56. The molecule has 0 amide bonds. The molecule has 1 N–H and O–H groups in total. The molecule has 1 aromatic carbocycles. The molecule has 0 aromatic heterocycles. The van der Waals surface area contributed by atoms with Crippen LogP contribution in [0.25, 0.3) is 0 Å². The predicted molar refractivity (Wildman–Crippen MR) is 74.6 cm³/mol. The number of rotatable bonds is 5. The number of methoxy groups -OCH3 is 3. The summed E-state index contributed by atoms with van der Waals surface area (Å²) in [6, 6.07) is 3.62. The van der Waals surface area contributed by atoms with Gasteiger partial charge in [0.1, 0.15) is 17.2 Å². The molecule has 0 spiro atoms. The molecule has 5 heteroatoms. The van der Waals surface area contributed by atoms with Crippen LogP contribution in [-0.4, -0.2) is 39.6 Å². The third-order valence-electron chi connectivity index (χ3n) is 3.72. The molecule has 1 aromatic rings. The van der Waals surface area contributed by atoms with Crippen molar-refractivity contribution in [2.75, 3.05) is 34.5 Å². The van der Waals surface area contributed by atoms with E-state index >= 15 is 0 Å². The van der Waals surface area contributed by atoms with Crippen molar-refractivity contribution in [3.05, 3.63) is 17.7 Å². The molecule has 0 aliphatic carbocycles. The van der Waals surface area contributed by atoms with Crippen LogP contribution in [0.15, 0.2) is 12.1 Å². The summed E-state index contributed by atoms with van der Waals surface area (Å²) in [5.74, 6) is 2.04. The molecule has 5 nitrogen and oxygen atoms in total. The molecule has 0 bridgehead atoms. The van der Waals surface area contributed by atoms with Crippen LogP contribution in [0.1, 0.15) is 24.5 Å². The number of aliphatic hydroxyl groups excluding tert-OH is 1. The van der Waals surface area contributed by atoms with Crippen molar-refractivity contribution in [3.63, 3.8) is 0 Å². The van der Waals surface area contributed by atoms with Gasteiger partial charge in [0.15, 0.2) is 0 Å². The number of hydrogen-bond donors (Lipinski definition) is 1. The molecule has 2 rings (SSSR count). The quantitative estimate of drug-likeness (QED) is 0.897. The minimum absolute atomic E-state index is 0.0555. The Morgan fingerprint density at radius 3 is 2.30 bits per heavy atom. The molecule has 1 heterocycles. The van der Waals surface area contributed by atoms with Gasteiger partial charge in [-0.15, -0.1) is 0 Å². The Morgan fingerprint density at radius 1 is 1.15 bits per heavy atom. The summed E-state index contributed by atoms with van der Waals surface area (Å²) in [6.45, 7) is 0.766. The fourth-order valence-electron chi connectivity index (χ4n) is 2.66. The zero-order chi connectivity index (χ0) is 14.5. The number of benzene rings is 1. The molecule has 0 saturated carbocycles. The Bertz CT molecular complexity index is 421. The summed E-state index contributed by atoms with van der Waals surface area (Å²) in [5.41, 5.74) is 0.842. The third-order valence-corrected chi connectivity index (χ3v) is 3.72. The Labute approximate surface area is 119 Å². The van der Waals surface area contributed by atoms with Gasteiger partial charge in [-0.3, -0.25) is 0 Å². The first-order valence-electron chi connectivity index (χ1n) is 6.77. The van der Waals surface area contributed by atoms with Crippen LogP contribution in [0, 0.1) is 5.92 Å². The van der Waals surface area contributed by atoms with Crippen LogP contribution < -0.4 is 14.2 Å². The van der Waals surface area contributed by atoms with Crippen molar-refractivity contribution in [3.8, 4) is 17.2 Å². The molecule has 1 aliphatic rings. The largest absolute Gasteiger partial charge is 0.496 e. The van der Waals surface area contributed by atoms with Crippen LogP contribution in [0.3, 0.4) is 0 Å². The molecule has 2 atom stereocenters. The van der Waals surface area contributed by atoms with Crippen molar-refractivity contribution in [1.29, 1.82) is 0 Å². The highest BCUT2D eigenvalue weighted by molar-refractivity contribution is 5.52. The lowest BCUT2D eigenvalue weighted by Gasteiger charge is -2.32. The van der Waals surface area contributed by atoms with Gasteiger partial charge in [0.2, 0.25) is 0 Å². The molecule has 1 aliphatic heterocycles. The smallest absolute Gasteiger partial charge is 0.132 e. The summed E-state index contributed by atoms with van der Waals surface area (Å²) in [4.78, 5) is 0. The monoisotopic (exact) mass is 282 g/mol. The third kappa shape index (κ3) is 2.83. The van der Waals surface area contributed by atoms with Gasteiger partial charge in [-0.05, 0) is 12.8 Å². The van der Waals surface area contributed by atoms with Crippen molar-refractivity contribution in [2.45, 2.75) is 18.9 Å². The van der Waals surface area contributed by atoms with Crippen LogP contribution >= 0.6 is 0 Å². The van der Waals surface area contributed by atoms with E-state index in [1.165, 1.54) is 0 Å². The second-order valence-electron chi connectivity index (χ2n) is 4.82. The lowest BCUT2D eigenvalue weighted by molar-refractivity contribution is -0.0477. The Balaban J connectivity index is 2.47. The molecule has 0 radical (unpaired) electrons. The maximum absolute atomic E-state index is 9.56. The van der Waals surface area contributed by atoms with Crippen molar-refractivity contribution < 1.29 is 24.1 Å². The number of aliphatic hydroxyl groups is 1. The standard InChI is InChI=1S/C15H22O5/c1-17-11-7-12(18-2)14(13(8-11)19-3)15-10(9-16)5-4-6-20-15/h7-8,10,15-16H,4-6,9H2,1-3H3. The van der Waals surface area contributed by atoms with Crippen LogP contribution in [-0.2, 0) is 4.74 Å². The summed E-state index contributed by atoms with van der Waals surface area (Å²) in [6.07, 6.45) is 1.67. The molecule has 112 valence electrons. The van der Waals surface area contributed by atoms with Gasteiger partial charge in [-0.1, -0.05) is 0 Å². The van der Waals surface area contributed by atoms with Gasteiger partial charge < -0.3 is 24.1 Å². The van der Waals surface area contributed by atoms with Gasteiger partial charge in [0.05, 0.1) is 33.0 Å². The van der Waals surface area contributed by atoms with E-state index in [0.717, 1.165) is 18.4 Å². The van der Waals surface area contributed by atoms with E-state index in [2.05, 4.69) is 0 Å². The molecule has 1 fully saturated rings. The summed E-state index contributed by atoms with van der Waals surface area (Å²) < 4.78 is 22.0. The van der Waals surface area contributed by atoms with Crippen molar-refractivity contribution in [1.82, 2.24) is 0 Å². The van der Waals surface area contributed by atoms with Crippen LogP contribution in [0.4, 0.5) is 0 Å². The van der Waals surface area contributed by atoms with E-state index < -0.39 is 0 Å². The second-order valence-corrected chi connectivity index (χ2v) is 4.82. The molecule has 1 saturated heterocycles. The summed E-state index contributed by atoms with van der Waals surface area (Å²) in [7, 11) is 4.81. The average molecular weight is 282 g/mol. The zero-order valence-corrected chi connectivity index (χ0v) is 12.2. The maximum atomic E-state index is 9.56. The van der Waals surface area contributed by atoms with E-state index in [0.29, 0.717) is 23.9 Å². The van der Waals surface area contributed by atoms with Crippen molar-refractivity contribution in [2.24, 2.45) is 5.92 Å². The van der Waals surface area contributed by atoms with E-state index in [4.69, 9.17) is 18.9 Å². The normalized spacial score (nSPS) is 22.4. The van der Waals surface area contributed by atoms with E-state index in [-0.39, 0.29) is 18.6 Å². The first-order valence-corrected chi connectivity index (χ1v) is 6.77. The fourth-order valence-corrected chi connectivity index (χ4v) is 2.66.